The smallest absolute Gasteiger partial charge is 0.243 e. The lowest BCUT2D eigenvalue weighted by molar-refractivity contribution is -0.127. The first-order chi connectivity index (χ1) is 18.8. The Morgan fingerprint density at radius 3 is 2.51 bits per heavy atom. The van der Waals surface area contributed by atoms with E-state index in [2.05, 4.69) is 15.0 Å². The Morgan fingerprint density at radius 1 is 0.974 bits per heavy atom. The summed E-state index contributed by atoms with van der Waals surface area (Å²) in [7, 11) is -3.93. The van der Waals surface area contributed by atoms with E-state index in [4.69, 9.17) is 0 Å². The fourth-order valence-electron chi connectivity index (χ4n) is 5.98. The van der Waals surface area contributed by atoms with Gasteiger partial charge in [-0.05, 0) is 97.9 Å². The highest BCUT2D eigenvalue weighted by Gasteiger charge is 2.34. The van der Waals surface area contributed by atoms with Crippen LogP contribution in [-0.4, -0.2) is 31.9 Å². The van der Waals surface area contributed by atoms with Gasteiger partial charge in [-0.15, -0.1) is 0 Å². The maximum Gasteiger partial charge on any atom is 0.243 e. The zero-order valence-electron chi connectivity index (χ0n) is 21.7. The van der Waals surface area contributed by atoms with Crippen molar-refractivity contribution in [2.24, 2.45) is 11.8 Å². The number of sulfonamides is 1. The van der Waals surface area contributed by atoms with Gasteiger partial charge < -0.3 is 5.32 Å². The van der Waals surface area contributed by atoms with Crippen LogP contribution in [0.1, 0.15) is 54.7 Å². The first-order valence-electron chi connectivity index (χ1n) is 13.5. The van der Waals surface area contributed by atoms with Crippen LogP contribution in [0, 0.1) is 23.5 Å². The number of rotatable bonds is 8. The molecule has 2 aliphatic rings. The van der Waals surface area contributed by atoms with Crippen LogP contribution >= 0.6 is 0 Å². The second-order valence-electron chi connectivity index (χ2n) is 10.7. The summed E-state index contributed by atoms with van der Waals surface area (Å²) < 4.78 is 55.4. The van der Waals surface area contributed by atoms with Crippen LogP contribution in [0.25, 0.3) is 0 Å². The minimum absolute atomic E-state index is 0.0200. The molecule has 1 aromatic heterocycles. The molecule has 39 heavy (non-hydrogen) atoms. The Morgan fingerprint density at radius 2 is 1.77 bits per heavy atom. The zero-order valence-corrected chi connectivity index (χ0v) is 22.5. The minimum Gasteiger partial charge on any atom is -0.352 e. The van der Waals surface area contributed by atoms with Crippen molar-refractivity contribution < 1.29 is 22.0 Å². The number of fused-ring (bicyclic) bond motifs is 1. The van der Waals surface area contributed by atoms with E-state index in [-0.39, 0.29) is 47.0 Å². The molecule has 2 aliphatic carbocycles. The molecule has 206 valence electrons. The van der Waals surface area contributed by atoms with E-state index in [0.717, 1.165) is 29.2 Å². The van der Waals surface area contributed by atoms with Crippen molar-refractivity contribution in [2.75, 3.05) is 6.54 Å². The number of carbonyl (C=O) groups excluding carboxylic acids is 1. The van der Waals surface area contributed by atoms with Gasteiger partial charge in [0.1, 0.15) is 16.5 Å². The molecular weight excluding hydrogens is 520 g/mol. The van der Waals surface area contributed by atoms with Crippen LogP contribution < -0.4 is 10.0 Å². The van der Waals surface area contributed by atoms with Crippen molar-refractivity contribution in [1.82, 2.24) is 15.0 Å². The predicted molar refractivity (Wildman–Crippen MR) is 144 cm³/mol. The van der Waals surface area contributed by atoms with Crippen molar-refractivity contribution in [3.05, 3.63) is 95.3 Å². The lowest BCUT2D eigenvalue weighted by Crippen LogP contribution is -2.46. The summed E-state index contributed by atoms with van der Waals surface area (Å²) >= 11 is 0. The Balaban J connectivity index is 1.19. The van der Waals surface area contributed by atoms with Gasteiger partial charge in [-0.25, -0.2) is 21.9 Å². The number of nitrogens with zero attached hydrogens (tertiary/aromatic N) is 1. The third kappa shape index (κ3) is 6.53. The molecule has 0 radical (unpaired) electrons. The molecule has 0 saturated heterocycles. The lowest BCUT2D eigenvalue weighted by atomic mass is 9.75. The third-order valence-electron chi connectivity index (χ3n) is 8.13. The topological polar surface area (TPSA) is 88.2 Å². The number of hydrogen-bond donors (Lipinski definition) is 2. The van der Waals surface area contributed by atoms with Crippen molar-refractivity contribution in [1.29, 1.82) is 0 Å². The number of aromatic nitrogens is 1. The SMILES string of the molecule is O=C(N[C@@H]1CCc2cc(F)ccc2[C@@H]1Cc1cccnc1)C1CCC(CNS(=O)(=O)c2ccccc2F)CC1. The third-order valence-corrected chi connectivity index (χ3v) is 9.58. The number of benzene rings is 2. The Bertz CT molecular complexity index is 1410. The zero-order chi connectivity index (χ0) is 27.4. The largest absolute Gasteiger partial charge is 0.352 e. The molecule has 0 bridgehead atoms. The van der Waals surface area contributed by atoms with E-state index in [1.807, 2.05) is 24.4 Å². The van der Waals surface area contributed by atoms with Crippen LogP contribution in [-0.2, 0) is 27.7 Å². The molecule has 2 atom stereocenters. The Labute approximate surface area is 228 Å². The Hall–Kier alpha value is -3.17. The molecular formula is C30H33F2N3O3S. The van der Waals surface area contributed by atoms with Gasteiger partial charge in [0.25, 0.3) is 0 Å². The van der Waals surface area contributed by atoms with Crippen LogP contribution in [0.15, 0.2) is 71.9 Å². The average molecular weight is 554 g/mol. The number of nitrogens with one attached hydrogen (secondary N) is 2. The van der Waals surface area contributed by atoms with Crippen molar-refractivity contribution in [3.63, 3.8) is 0 Å². The van der Waals surface area contributed by atoms with E-state index in [0.29, 0.717) is 38.5 Å². The highest BCUT2D eigenvalue weighted by molar-refractivity contribution is 7.89. The van der Waals surface area contributed by atoms with E-state index in [1.54, 1.807) is 12.3 Å². The first-order valence-corrected chi connectivity index (χ1v) is 15.0. The van der Waals surface area contributed by atoms with Gasteiger partial charge in [0.15, 0.2) is 0 Å². The molecule has 1 heterocycles. The molecule has 1 saturated carbocycles. The number of aryl methyl sites for hydroxylation is 1. The van der Waals surface area contributed by atoms with Crippen molar-refractivity contribution >= 4 is 15.9 Å². The van der Waals surface area contributed by atoms with Crippen molar-refractivity contribution in [3.8, 4) is 0 Å². The molecule has 0 aliphatic heterocycles. The molecule has 6 nitrogen and oxygen atoms in total. The minimum atomic E-state index is -3.93. The van der Waals surface area contributed by atoms with Crippen LogP contribution in [0.3, 0.4) is 0 Å². The number of amides is 1. The second kappa shape index (κ2) is 11.9. The summed E-state index contributed by atoms with van der Waals surface area (Å²) in [5, 5.41) is 3.31. The van der Waals surface area contributed by atoms with Gasteiger partial charge in [-0.1, -0.05) is 24.3 Å². The fraction of sp³-hybridized carbons (Fsp3) is 0.400. The van der Waals surface area contributed by atoms with Crippen LogP contribution in [0.2, 0.25) is 0 Å². The number of pyridine rings is 1. The average Bonchev–Trinajstić information content (AvgIpc) is 2.94. The number of hydrogen-bond acceptors (Lipinski definition) is 4. The molecule has 9 heteroatoms. The molecule has 1 fully saturated rings. The van der Waals surface area contributed by atoms with Gasteiger partial charge in [-0.3, -0.25) is 9.78 Å². The highest BCUT2D eigenvalue weighted by atomic mass is 32.2. The summed E-state index contributed by atoms with van der Waals surface area (Å²) in [5.74, 6) is -1.03. The number of halogens is 2. The second-order valence-corrected chi connectivity index (χ2v) is 12.4. The van der Waals surface area contributed by atoms with E-state index < -0.39 is 15.8 Å². The van der Waals surface area contributed by atoms with Crippen LogP contribution in [0.4, 0.5) is 8.78 Å². The van der Waals surface area contributed by atoms with Crippen molar-refractivity contribution in [2.45, 2.75) is 61.8 Å². The summed E-state index contributed by atoms with van der Waals surface area (Å²) in [5.41, 5.74) is 3.13. The maximum atomic E-state index is 13.9. The van der Waals surface area contributed by atoms with Gasteiger partial charge in [0.05, 0.1) is 0 Å². The summed E-state index contributed by atoms with van der Waals surface area (Å²) in [4.78, 5) is 17.2. The molecule has 1 amide bonds. The maximum absolute atomic E-state index is 13.9. The highest BCUT2D eigenvalue weighted by Crippen LogP contribution is 2.36. The quantitative estimate of drug-likeness (QED) is 0.415. The van der Waals surface area contributed by atoms with E-state index >= 15 is 0 Å². The van der Waals surface area contributed by atoms with Gasteiger partial charge in [0.2, 0.25) is 15.9 Å². The first kappa shape index (κ1) is 27.4. The lowest BCUT2D eigenvalue weighted by Gasteiger charge is -2.36. The molecule has 2 aromatic carbocycles. The molecule has 0 unspecified atom stereocenters. The van der Waals surface area contributed by atoms with E-state index in [9.17, 15) is 22.0 Å². The predicted octanol–water partition coefficient (Wildman–Crippen LogP) is 4.90. The monoisotopic (exact) mass is 553 g/mol. The van der Waals surface area contributed by atoms with Gasteiger partial charge in [-0.2, -0.15) is 0 Å². The standard InChI is InChI=1S/C30H33F2N3O3S/c31-24-12-13-25-23(17-24)11-14-28(26(25)16-21-4-3-15-33-18-21)35-30(36)22-9-7-20(8-10-22)19-34-39(37,38)29-6-2-1-5-27(29)32/h1-6,12-13,15,17-18,20,22,26,28,34H,7-11,14,16,19H2,(H,35,36)/t20?,22?,26-,28+/m0/s1. The summed E-state index contributed by atoms with van der Waals surface area (Å²) in [6.45, 7) is 0.216. The van der Waals surface area contributed by atoms with Crippen LogP contribution in [0.5, 0.6) is 0 Å². The van der Waals surface area contributed by atoms with E-state index in [1.165, 1.54) is 24.3 Å². The molecule has 5 rings (SSSR count). The molecule has 2 N–H and O–H groups in total. The van der Waals surface area contributed by atoms with Gasteiger partial charge >= 0.3 is 0 Å². The fourth-order valence-corrected chi connectivity index (χ4v) is 7.17. The normalized spacial score (nSPS) is 23.1. The summed E-state index contributed by atoms with van der Waals surface area (Å²) in [6, 6.07) is 14.1. The molecule has 3 aromatic rings. The molecule has 0 spiro atoms. The summed E-state index contributed by atoms with van der Waals surface area (Å²) in [6.07, 6.45) is 8.46. The Kier molecular flexibility index (Phi) is 8.37. The number of carbonyl (C=O) groups is 1. The van der Waals surface area contributed by atoms with Gasteiger partial charge in [0, 0.05) is 36.8 Å².